The van der Waals surface area contributed by atoms with E-state index in [1.54, 1.807) is 11.3 Å². The average Bonchev–Trinajstić information content (AvgIpc) is 2.75. The molecule has 0 unspecified atom stereocenters. The van der Waals surface area contributed by atoms with Gasteiger partial charge in [-0.05, 0) is 24.6 Å². The number of halogens is 1. The van der Waals surface area contributed by atoms with Gasteiger partial charge in [-0.25, -0.2) is 15.8 Å². The zero-order valence-corrected chi connectivity index (χ0v) is 12.5. The molecule has 0 saturated heterocycles. The Morgan fingerprint density at radius 2 is 1.95 bits per heavy atom. The Morgan fingerprint density at radius 3 is 2.63 bits per heavy atom. The molecule has 19 heavy (non-hydrogen) atoms. The summed E-state index contributed by atoms with van der Waals surface area (Å²) in [5, 5.41) is 0.981. The molecule has 1 aromatic carbocycles. The van der Waals surface area contributed by atoms with Crippen molar-refractivity contribution in [2.45, 2.75) is 6.92 Å². The molecule has 2 aromatic heterocycles. The van der Waals surface area contributed by atoms with Gasteiger partial charge in [0.05, 0.1) is 5.39 Å². The molecule has 0 spiro atoms. The highest BCUT2D eigenvalue weighted by molar-refractivity contribution is 9.10. The summed E-state index contributed by atoms with van der Waals surface area (Å²) in [5.74, 6) is 6.21. The largest absolute Gasteiger partial charge is 0.308 e. The highest BCUT2D eigenvalue weighted by Crippen LogP contribution is 2.40. The third-order valence-electron chi connectivity index (χ3n) is 2.93. The minimum atomic E-state index is 0.660. The molecule has 96 valence electrons. The maximum absolute atomic E-state index is 5.55. The van der Waals surface area contributed by atoms with E-state index in [4.69, 9.17) is 5.84 Å². The van der Waals surface area contributed by atoms with E-state index >= 15 is 0 Å². The van der Waals surface area contributed by atoms with Gasteiger partial charge in [0.1, 0.15) is 11.2 Å². The number of anilines is 1. The number of aryl methyl sites for hydroxylation is 1. The van der Waals surface area contributed by atoms with E-state index in [2.05, 4.69) is 50.4 Å². The van der Waals surface area contributed by atoms with Crippen molar-refractivity contribution in [2.75, 3.05) is 5.43 Å². The van der Waals surface area contributed by atoms with Crippen LogP contribution in [0.1, 0.15) is 4.88 Å². The Labute approximate surface area is 122 Å². The van der Waals surface area contributed by atoms with E-state index in [1.807, 2.05) is 12.1 Å². The molecule has 0 bridgehead atoms. The Bertz CT molecular complexity index is 736. The number of aromatic nitrogens is 2. The molecule has 3 N–H and O–H groups in total. The number of nitrogens with zero attached hydrogens (tertiary/aromatic N) is 2. The fourth-order valence-corrected chi connectivity index (χ4v) is 3.39. The zero-order valence-electron chi connectivity index (χ0n) is 10.1. The molecule has 3 aromatic rings. The third-order valence-corrected chi connectivity index (χ3v) is 4.48. The van der Waals surface area contributed by atoms with Gasteiger partial charge in [0.2, 0.25) is 0 Å². The van der Waals surface area contributed by atoms with Crippen molar-refractivity contribution < 1.29 is 0 Å². The van der Waals surface area contributed by atoms with Crippen LogP contribution in [0.5, 0.6) is 0 Å². The minimum absolute atomic E-state index is 0.660. The van der Waals surface area contributed by atoms with Gasteiger partial charge in [0.15, 0.2) is 5.82 Å². The lowest BCUT2D eigenvalue weighted by Gasteiger charge is -2.05. The van der Waals surface area contributed by atoms with Crippen LogP contribution in [0.25, 0.3) is 21.3 Å². The van der Waals surface area contributed by atoms with E-state index in [9.17, 15) is 0 Å². The number of nitrogens with one attached hydrogen (secondary N) is 1. The summed E-state index contributed by atoms with van der Waals surface area (Å²) in [6.45, 7) is 2.09. The molecule has 0 aliphatic carbocycles. The number of nitrogen functional groups attached to an aromatic ring is 1. The van der Waals surface area contributed by atoms with Gasteiger partial charge in [-0.1, -0.05) is 28.1 Å². The topological polar surface area (TPSA) is 63.8 Å². The van der Waals surface area contributed by atoms with Crippen LogP contribution in [-0.4, -0.2) is 9.97 Å². The molecule has 0 aliphatic rings. The molecule has 3 rings (SSSR count). The number of hydrazine groups is 1. The van der Waals surface area contributed by atoms with Gasteiger partial charge in [0, 0.05) is 14.9 Å². The van der Waals surface area contributed by atoms with Crippen molar-refractivity contribution in [3.8, 4) is 11.1 Å². The maximum Gasteiger partial charge on any atom is 0.152 e. The van der Waals surface area contributed by atoms with Crippen molar-refractivity contribution >= 4 is 43.3 Å². The number of nitrogens with two attached hydrogens (primary N) is 1. The van der Waals surface area contributed by atoms with Gasteiger partial charge in [-0.3, -0.25) is 0 Å². The lowest BCUT2D eigenvalue weighted by atomic mass is 10.0. The SMILES string of the molecule is Cc1sc2ncnc(NN)c2c1-c1ccc(Br)cc1. The van der Waals surface area contributed by atoms with Gasteiger partial charge in [-0.2, -0.15) is 0 Å². The number of thiophene rings is 1. The van der Waals surface area contributed by atoms with Crippen LogP contribution >= 0.6 is 27.3 Å². The predicted molar refractivity (Wildman–Crippen MR) is 83.1 cm³/mol. The van der Waals surface area contributed by atoms with Crippen molar-refractivity contribution in [1.29, 1.82) is 0 Å². The first-order chi connectivity index (χ1) is 9.20. The summed E-state index contributed by atoms with van der Waals surface area (Å²) < 4.78 is 1.06. The van der Waals surface area contributed by atoms with Crippen LogP contribution in [-0.2, 0) is 0 Å². The van der Waals surface area contributed by atoms with Crippen molar-refractivity contribution in [3.05, 3.63) is 39.9 Å². The molecule has 2 heterocycles. The smallest absolute Gasteiger partial charge is 0.152 e. The summed E-state index contributed by atoms with van der Waals surface area (Å²) in [6.07, 6.45) is 1.53. The van der Waals surface area contributed by atoms with Gasteiger partial charge in [-0.15, -0.1) is 11.3 Å². The van der Waals surface area contributed by atoms with E-state index < -0.39 is 0 Å². The summed E-state index contributed by atoms with van der Waals surface area (Å²) in [4.78, 5) is 10.7. The lowest BCUT2D eigenvalue weighted by molar-refractivity contribution is 1.19. The summed E-state index contributed by atoms with van der Waals surface area (Å²) >= 11 is 5.10. The van der Waals surface area contributed by atoms with Crippen LogP contribution < -0.4 is 11.3 Å². The third kappa shape index (κ3) is 2.11. The predicted octanol–water partition coefficient (Wildman–Crippen LogP) is 3.71. The fraction of sp³-hybridized carbons (Fsp3) is 0.0769. The molecule has 6 heteroatoms. The molecule has 0 aliphatic heterocycles. The molecular formula is C13H11BrN4S. The first-order valence-corrected chi connectivity index (χ1v) is 7.28. The second kappa shape index (κ2) is 4.88. The molecule has 0 saturated carbocycles. The van der Waals surface area contributed by atoms with Crippen LogP contribution in [0.2, 0.25) is 0 Å². The Hall–Kier alpha value is -1.50. The van der Waals surface area contributed by atoms with Gasteiger partial charge < -0.3 is 5.43 Å². The summed E-state index contributed by atoms with van der Waals surface area (Å²) in [7, 11) is 0. The summed E-state index contributed by atoms with van der Waals surface area (Å²) in [5.41, 5.74) is 4.93. The Morgan fingerprint density at radius 1 is 1.21 bits per heavy atom. The van der Waals surface area contributed by atoms with E-state index in [0.29, 0.717) is 5.82 Å². The van der Waals surface area contributed by atoms with Crippen molar-refractivity contribution in [2.24, 2.45) is 5.84 Å². The first kappa shape index (κ1) is 12.5. The second-order valence-corrected chi connectivity index (χ2v) is 6.21. The van der Waals surface area contributed by atoms with Crippen LogP contribution in [0.15, 0.2) is 35.1 Å². The van der Waals surface area contributed by atoms with E-state index in [0.717, 1.165) is 25.8 Å². The molecule has 0 radical (unpaired) electrons. The first-order valence-electron chi connectivity index (χ1n) is 5.67. The van der Waals surface area contributed by atoms with Crippen LogP contribution in [0.3, 0.4) is 0 Å². The Kier molecular flexibility index (Phi) is 3.22. The van der Waals surface area contributed by atoms with E-state index in [1.165, 1.54) is 11.2 Å². The van der Waals surface area contributed by atoms with Gasteiger partial charge in [0.25, 0.3) is 0 Å². The quantitative estimate of drug-likeness (QED) is 0.553. The van der Waals surface area contributed by atoms with Crippen LogP contribution in [0.4, 0.5) is 5.82 Å². The molecule has 0 fully saturated rings. The minimum Gasteiger partial charge on any atom is -0.308 e. The summed E-state index contributed by atoms with van der Waals surface area (Å²) in [6, 6.07) is 8.20. The zero-order chi connectivity index (χ0) is 13.4. The van der Waals surface area contributed by atoms with Gasteiger partial charge >= 0.3 is 0 Å². The monoisotopic (exact) mass is 334 g/mol. The standard InChI is InChI=1S/C13H11BrN4S/c1-7-10(8-2-4-9(14)5-3-8)11-12(18-15)16-6-17-13(11)19-7/h2-6H,15H2,1H3,(H,16,17,18). The highest BCUT2D eigenvalue weighted by atomic mass is 79.9. The number of hydrogen-bond donors (Lipinski definition) is 2. The lowest BCUT2D eigenvalue weighted by Crippen LogP contribution is -2.09. The normalized spacial score (nSPS) is 10.9. The molecule has 0 amide bonds. The highest BCUT2D eigenvalue weighted by Gasteiger charge is 2.15. The van der Waals surface area contributed by atoms with Crippen molar-refractivity contribution in [3.63, 3.8) is 0 Å². The number of hydrogen-bond acceptors (Lipinski definition) is 5. The average molecular weight is 335 g/mol. The molecular weight excluding hydrogens is 324 g/mol. The fourth-order valence-electron chi connectivity index (χ4n) is 2.12. The second-order valence-electron chi connectivity index (χ2n) is 4.09. The van der Waals surface area contributed by atoms with Crippen LogP contribution in [0, 0.1) is 6.92 Å². The molecule has 0 atom stereocenters. The number of benzene rings is 1. The Balaban J connectivity index is 2.33. The number of fused-ring (bicyclic) bond motifs is 1. The van der Waals surface area contributed by atoms with E-state index in [-0.39, 0.29) is 0 Å². The number of rotatable bonds is 2. The molecule has 4 nitrogen and oxygen atoms in total. The van der Waals surface area contributed by atoms with Crippen molar-refractivity contribution in [1.82, 2.24) is 9.97 Å². The maximum atomic E-state index is 5.55.